The van der Waals surface area contributed by atoms with Crippen molar-refractivity contribution in [3.8, 4) is 0 Å². The SMILES string of the molecule is NC(=O)Nc1cc(Nc2nc(Cl)nc(Nc3ccc(N=Nc4cc(N)c(S(=O)(=O)O)cc4S(=O)(=O)OCCS(=O)(=O)O)cc3)n2)ccc1N=Nc1cc2c(S(=O)(=O)O)cc(S(=O)(=O)O)cc2cc1S(=O)(=O)O. The van der Waals surface area contributed by atoms with E-state index in [0.29, 0.717) is 24.3 Å². The Hall–Kier alpha value is -7.01. The molecule has 5 aromatic carbocycles. The van der Waals surface area contributed by atoms with E-state index >= 15 is 0 Å². The molecule has 12 N–H and O–H groups in total. The van der Waals surface area contributed by atoms with Crippen LogP contribution in [0.15, 0.2) is 124 Å². The molecule has 2 amide bonds. The van der Waals surface area contributed by atoms with E-state index < -0.39 is 131 Å². The molecule has 38 heteroatoms. The number of anilines is 6. The van der Waals surface area contributed by atoms with Gasteiger partial charge in [-0.25, -0.2) is 4.79 Å². The minimum Gasteiger partial charge on any atom is -0.398 e. The Morgan fingerprint density at radius 3 is 1.72 bits per heavy atom. The summed E-state index contributed by atoms with van der Waals surface area (Å²) in [5, 5.41) is 21.8. The summed E-state index contributed by atoms with van der Waals surface area (Å²) in [6.45, 7) is -1.09. The predicted molar refractivity (Wildman–Crippen MR) is 249 cm³/mol. The molecular formula is C34H29ClN12O19S6. The zero-order valence-corrected chi connectivity index (χ0v) is 40.6. The van der Waals surface area contributed by atoms with E-state index in [2.05, 4.69) is 55.5 Å². The van der Waals surface area contributed by atoms with E-state index in [9.17, 15) is 73.5 Å². The molecule has 0 spiro atoms. The minimum atomic E-state index is -5.26. The zero-order valence-electron chi connectivity index (χ0n) is 35.0. The number of aromatic nitrogens is 3. The van der Waals surface area contributed by atoms with Crippen molar-refractivity contribution in [1.82, 2.24) is 15.0 Å². The number of nitrogens with two attached hydrogens (primary N) is 2. The third-order valence-electron chi connectivity index (χ3n) is 8.82. The smallest absolute Gasteiger partial charge is 0.316 e. The van der Waals surface area contributed by atoms with Gasteiger partial charge in [-0.05, 0) is 95.8 Å². The second-order valence-corrected chi connectivity index (χ2v) is 23.0. The lowest BCUT2D eigenvalue weighted by atomic mass is 10.1. The number of rotatable bonds is 18. The van der Waals surface area contributed by atoms with Crippen LogP contribution in [0.4, 0.5) is 62.2 Å². The van der Waals surface area contributed by atoms with Crippen molar-refractivity contribution in [2.75, 3.05) is 34.0 Å². The van der Waals surface area contributed by atoms with Gasteiger partial charge in [0.15, 0.2) is 0 Å². The van der Waals surface area contributed by atoms with E-state index in [0.717, 1.165) is 12.1 Å². The summed E-state index contributed by atoms with van der Waals surface area (Å²) < 4.78 is 197. The van der Waals surface area contributed by atoms with Crippen LogP contribution in [0.25, 0.3) is 10.8 Å². The molecule has 0 aliphatic heterocycles. The molecule has 6 aromatic rings. The Morgan fingerprint density at radius 1 is 0.597 bits per heavy atom. The van der Waals surface area contributed by atoms with Crippen LogP contribution in [-0.4, -0.2) is 107 Å². The van der Waals surface area contributed by atoms with Crippen LogP contribution in [0, 0.1) is 0 Å². The summed E-state index contributed by atoms with van der Waals surface area (Å²) in [6, 6.07) is 11.6. The third-order valence-corrected chi connectivity index (χ3v) is 14.5. The fraction of sp³-hybridized carbons (Fsp3) is 0.0588. The molecular weight excluding hydrogens is 1110 g/mol. The highest BCUT2D eigenvalue weighted by molar-refractivity contribution is 7.88. The number of nitrogens with zero attached hydrogens (tertiary/aromatic N) is 7. The molecule has 31 nitrogen and oxygen atoms in total. The fourth-order valence-corrected chi connectivity index (χ4v) is 10.1. The van der Waals surface area contributed by atoms with Crippen LogP contribution >= 0.6 is 11.6 Å². The van der Waals surface area contributed by atoms with Crippen molar-refractivity contribution >= 4 is 147 Å². The molecule has 0 saturated heterocycles. The molecule has 0 fully saturated rings. The highest BCUT2D eigenvalue weighted by Crippen LogP contribution is 2.38. The van der Waals surface area contributed by atoms with Gasteiger partial charge in [0.05, 0.1) is 28.6 Å². The predicted octanol–water partition coefficient (Wildman–Crippen LogP) is 4.65. The lowest BCUT2D eigenvalue weighted by Crippen LogP contribution is -2.19. The van der Waals surface area contributed by atoms with Crippen molar-refractivity contribution in [2.45, 2.75) is 24.5 Å². The van der Waals surface area contributed by atoms with Crippen molar-refractivity contribution in [3.05, 3.63) is 84.1 Å². The van der Waals surface area contributed by atoms with Gasteiger partial charge in [0.25, 0.3) is 60.7 Å². The first-order valence-corrected chi connectivity index (χ1v) is 27.7. The van der Waals surface area contributed by atoms with Crippen LogP contribution < -0.4 is 27.4 Å². The summed E-state index contributed by atoms with van der Waals surface area (Å²) in [5.74, 6) is -1.54. The quantitative estimate of drug-likeness (QED) is 0.0242. The third kappa shape index (κ3) is 13.9. The number of nitrogens with one attached hydrogen (secondary N) is 3. The van der Waals surface area contributed by atoms with E-state index in [-0.39, 0.29) is 45.6 Å². The molecule has 0 bridgehead atoms. The molecule has 0 saturated carbocycles. The number of carbonyl (C=O) groups excluding carboxylic acids is 1. The minimum absolute atomic E-state index is 0.0484. The van der Waals surface area contributed by atoms with E-state index in [1.54, 1.807) is 0 Å². The van der Waals surface area contributed by atoms with E-state index in [1.807, 2.05) is 0 Å². The highest BCUT2D eigenvalue weighted by atomic mass is 35.5. The molecule has 1 aromatic heterocycles. The number of primary amides is 1. The number of amides is 2. The van der Waals surface area contributed by atoms with Gasteiger partial charge in [-0.1, -0.05) is 0 Å². The first-order chi connectivity index (χ1) is 33.2. The van der Waals surface area contributed by atoms with E-state index in [4.69, 9.17) is 27.6 Å². The van der Waals surface area contributed by atoms with Crippen molar-refractivity contribution in [2.24, 2.45) is 26.2 Å². The fourth-order valence-electron chi connectivity index (χ4n) is 5.83. The standard InChI is InChI=1S/C34H29ClN12O19S6/c35-31-41-33(38-17-1-3-18(4-2-17)44-46-26-14-22(36)28(70(58,59)60)15-30(26)72(64,65)66-7-8-67(49,50)51)43-34(42-31)39-19-5-6-23(24(11-19)40-32(37)48)45-47-25-13-21-16(10-29(25)71(61,62)63)9-20(68(52,53)54)12-27(21)69(55,56)57/h1-6,9-15H,7-8,36H2,(H3,37,40,48)(H,49,50,51)(H,52,53,54)(H,55,56,57)(H,58,59,60)(H,61,62,63)(H2,38,39,41,42,43). The number of hydrogen-bond donors (Lipinski definition) is 10. The van der Waals surface area contributed by atoms with Crippen molar-refractivity contribution < 1.29 is 82.2 Å². The number of fused-ring (bicyclic) bond motifs is 1. The Balaban J connectivity index is 1.25. The van der Waals surface area contributed by atoms with Crippen LogP contribution in [0.2, 0.25) is 5.28 Å². The van der Waals surface area contributed by atoms with Crippen LogP contribution in [0.3, 0.4) is 0 Å². The van der Waals surface area contributed by atoms with Gasteiger partial charge < -0.3 is 27.4 Å². The normalized spacial score (nSPS) is 12.9. The van der Waals surface area contributed by atoms with Gasteiger partial charge in [0, 0.05) is 16.8 Å². The van der Waals surface area contributed by atoms with Gasteiger partial charge in [-0.3, -0.25) is 26.9 Å². The van der Waals surface area contributed by atoms with Crippen LogP contribution in [-0.2, 0) is 64.9 Å². The molecule has 0 radical (unpaired) electrons. The second-order valence-electron chi connectivity index (χ2n) is 14.0. The van der Waals surface area contributed by atoms with Crippen LogP contribution in [0.5, 0.6) is 0 Å². The Labute approximate surface area is 410 Å². The Bertz CT molecular complexity index is 3980. The highest BCUT2D eigenvalue weighted by Gasteiger charge is 2.28. The first-order valence-electron chi connectivity index (χ1n) is 18.6. The molecule has 6 rings (SSSR count). The maximum atomic E-state index is 12.9. The molecule has 382 valence electrons. The van der Waals surface area contributed by atoms with Gasteiger partial charge in [0.1, 0.15) is 42.4 Å². The summed E-state index contributed by atoms with van der Waals surface area (Å²) in [7, 11) is -30.4. The largest absolute Gasteiger partial charge is 0.398 e. The lowest BCUT2D eigenvalue weighted by molar-refractivity contribution is 0.259. The first kappa shape index (κ1) is 54.3. The Kier molecular flexibility index (Phi) is 15.3. The zero-order chi connectivity index (χ0) is 53.4. The van der Waals surface area contributed by atoms with E-state index in [1.165, 1.54) is 42.5 Å². The Morgan fingerprint density at radius 2 is 1.15 bits per heavy atom. The summed E-state index contributed by atoms with van der Waals surface area (Å²) >= 11 is 6.15. The second kappa shape index (κ2) is 20.2. The molecule has 0 unspecified atom stereocenters. The average molecular weight is 1140 g/mol. The van der Waals surface area contributed by atoms with Crippen molar-refractivity contribution in [3.63, 3.8) is 0 Å². The number of halogens is 1. The maximum Gasteiger partial charge on any atom is 0.316 e. The molecule has 0 aliphatic rings. The van der Waals surface area contributed by atoms with Gasteiger partial charge in [-0.2, -0.15) is 70.6 Å². The number of urea groups is 1. The van der Waals surface area contributed by atoms with Gasteiger partial charge in [0.2, 0.25) is 17.2 Å². The number of benzene rings is 5. The topological polar surface area (TPSA) is 509 Å². The summed E-state index contributed by atoms with van der Waals surface area (Å²) in [4.78, 5) is 18.9. The summed E-state index contributed by atoms with van der Waals surface area (Å²) in [5.41, 5.74) is 9.00. The van der Waals surface area contributed by atoms with Gasteiger partial charge >= 0.3 is 6.03 Å². The molecule has 0 aliphatic carbocycles. The maximum absolute atomic E-state index is 12.9. The molecule has 72 heavy (non-hydrogen) atoms. The number of nitrogen functional groups attached to an aromatic ring is 1. The van der Waals surface area contributed by atoms with Crippen LogP contribution in [0.1, 0.15) is 0 Å². The summed E-state index contributed by atoms with van der Waals surface area (Å²) in [6.07, 6.45) is 0. The van der Waals surface area contributed by atoms with Gasteiger partial charge in [-0.15, -0.1) is 15.3 Å². The average Bonchev–Trinajstić information content (AvgIpc) is 3.22. The monoisotopic (exact) mass is 1140 g/mol. The molecule has 1 heterocycles. The number of hydrogen-bond acceptors (Lipinski definition) is 24. The molecule has 0 atom stereocenters. The number of carbonyl (C=O) groups is 1. The lowest BCUT2D eigenvalue weighted by Gasteiger charge is -2.12. The number of azo groups is 2. The van der Waals surface area contributed by atoms with Crippen molar-refractivity contribution in [1.29, 1.82) is 0 Å².